The quantitative estimate of drug-likeness (QED) is 0.857. The third-order valence-corrected chi connectivity index (χ3v) is 4.76. The molecule has 1 aliphatic rings. The van der Waals surface area contributed by atoms with Crippen molar-refractivity contribution in [2.45, 2.75) is 38.8 Å². The SMILES string of the molecule is Cc1nn(Cc2ccc(F)cc2)c(Cl)c1C(=O)NC1CCCCNC1=O. The highest BCUT2D eigenvalue weighted by atomic mass is 35.5. The molecule has 1 aliphatic heterocycles. The van der Waals surface area contributed by atoms with Crippen molar-refractivity contribution in [3.63, 3.8) is 0 Å². The number of aryl methyl sites for hydroxylation is 1. The van der Waals surface area contributed by atoms with Crippen molar-refractivity contribution in [1.29, 1.82) is 0 Å². The van der Waals surface area contributed by atoms with Gasteiger partial charge in [0.1, 0.15) is 17.0 Å². The number of hydrogen-bond acceptors (Lipinski definition) is 3. The Balaban J connectivity index is 1.77. The summed E-state index contributed by atoms with van der Waals surface area (Å²) in [6.45, 7) is 2.63. The van der Waals surface area contributed by atoms with Gasteiger partial charge in [0.25, 0.3) is 5.91 Å². The van der Waals surface area contributed by atoms with Crippen LogP contribution in [-0.4, -0.2) is 34.2 Å². The zero-order valence-electron chi connectivity index (χ0n) is 14.4. The lowest BCUT2D eigenvalue weighted by Crippen LogP contribution is -2.45. The maximum absolute atomic E-state index is 13.0. The van der Waals surface area contributed by atoms with E-state index >= 15 is 0 Å². The Hall–Kier alpha value is -2.41. The molecule has 1 fully saturated rings. The van der Waals surface area contributed by atoms with E-state index in [2.05, 4.69) is 15.7 Å². The lowest BCUT2D eigenvalue weighted by molar-refractivity contribution is -0.122. The second-order valence-corrected chi connectivity index (χ2v) is 6.71. The Bertz CT molecular complexity index is 819. The first-order chi connectivity index (χ1) is 12.5. The van der Waals surface area contributed by atoms with Gasteiger partial charge in [0.05, 0.1) is 17.8 Å². The molecule has 2 heterocycles. The van der Waals surface area contributed by atoms with Crippen LogP contribution in [0.25, 0.3) is 0 Å². The molecule has 0 bridgehead atoms. The van der Waals surface area contributed by atoms with E-state index in [1.165, 1.54) is 16.8 Å². The number of benzene rings is 1. The molecule has 0 radical (unpaired) electrons. The molecule has 2 amide bonds. The van der Waals surface area contributed by atoms with Crippen LogP contribution in [0.3, 0.4) is 0 Å². The molecule has 2 N–H and O–H groups in total. The van der Waals surface area contributed by atoms with E-state index in [9.17, 15) is 14.0 Å². The Morgan fingerprint density at radius 3 is 2.85 bits per heavy atom. The van der Waals surface area contributed by atoms with Crippen LogP contribution >= 0.6 is 11.6 Å². The molecule has 3 rings (SSSR count). The van der Waals surface area contributed by atoms with Crippen molar-refractivity contribution in [2.24, 2.45) is 0 Å². The Labute approximate surface area is 155 Å². The molecular formula is C18H20ClFN4O2. The maximum atomic E-state index is 13.0. The summed E-state index contributed by atoms with van der Waals surface area (Å²) in [7, 11) is 0. The Morgan fingerprint density at radius 1 is 1.38 bits per heavy atom. The molecule has 1 aromatic carbocycles. The van der Waals surface area contributed by atoms with Gasteiger partial charge in [-0.25, -0.2) is 9.07 Å². The van der Waals surface area contributed by atoms with Gasteiger partial charge in [-0.05, 0) is 43.9 Å². The van der Waals surface area contributed by atoms with Gasteiger partial charge in [0.2, 0.25) is 5.91 Å². The van der Waals surface area contributed by atoms with Crippen LogP contribution in [-0.2, 0) is 11.3 Å². The van der Waals surface area contributed by atoms with Crippen LogP contribution < -0.4 is 10.6 Å². The number of rotatable bonds is 4. The fourth-order valence-corrected chi connectivity index (χ4v) is 3.31. The monoisotopic (exact) mass is 378 g/mol. The third-order valence-electron chi connectivity index (χ3n) is 4.38. The lowest BCUT2D eigenvalue weighted by atomic mass is 10.1. The molecule has 1 saturated heterocycles. The van der Waals surface area contributed by atoms with Crippen LogP contribution in [0.2, 0.25) is 5.15 Å². The number of amides is 2. The van der Waals surface area contributed by atoms with Crippen molar-refractivity contribution in [1.82, 2.24) is 20.4 Å². The standard InChI is InChI=1S/C18H20ClFN4O2/c1-11-15(18(26)22-14-4-2-3-9-21-17(14)25)16(19)24(23-11)10-12-5-7-13(20)8-6-12/h5-8,14H,2-4,9-10H2,1H3,(H,21,25)(H,22,26). The van der Waals surface area contributed by atoms with E-state index in [1.807, 2.05) is 0 Å². The summed E-state index contributed by atoms with van der Waals surface area (Å²) in [5, 5.41) is 10.0. The molecule has 0 aliphatic carbocycles. The highest BCUT2D eigenvalue weighted by Gasteiger charge is 2.26. The summed E-state index contributed by atoms with van der Waals surface area (Å²) in [6.07, 6.45) is 2.35. The number of carbonyl (C=O) groups is 2. The first-order valence-corrected chi connectivity index (χ1v) is 8.89. The number of nitrogens with one attached hydrogen (secondary N) is 2. The molecule has 6 nitrogen and oxygen atoms in total. The van der Waals surface area contributed by atoms with Crippen LogP contribution in [0, 0.1) is 12.7 Å². The molecule has 1 atom stereocenters. The fourth-order valence-electron chi connectivity index (χ4n) is 2.99. The van der Waals surface area contributed by atoms with Crippen molar-refractivity contribution in [3.8, 4) is 0 Å². The number of hydrogen-bond donors (Lipinski definition) is 2. The van der Waals surface area contributed by atoms with E-state index < -0.39 is 11.9 Å². The molecule has 138 valence electrons. The second-order valence-electron chi connectivity index (χ2n) is 6.35. The predicted molar refractivity (Wildman–Crippen MR) is 95.6 cm³/mol. The van der Waals surface area contributed by atoms with Crippen molar-refractivity contribution >= 4 is 23.4 Å². The van der Waals surface area contributed by atoms with E-state index in [0.717, 1.165) is 18.4 Å². The third kappa shape index (κ3) is 4.04. The van der Waals surface area contributed by atoms with Gasteiger partial charge >= 0.3 is 0 Å². The molecule has 2 aromatic rings. The summed E-state index contributed by atoms with van der Waals surface area (Å²) in [5.41, 5.74) is 1.54. The minimum Gasteiger partial charge on any atom is -0.354 e. The Morgan fingerprint density at radius 2 is 2.12 bits per heavy atom. The number of nitrogens with zero attached hydrogens (tertiary/aromatic N) is 2. The molecule has 1 aromatic heterocycles. The van der Waals surface area contributed by atoms with Gasteiger partial charge in [0.15, 0.2) is 0 Å². The van der Waals surface area contributed by atoms with Crippen LogP contribution in [0.4, 0.5) is 4.39 Å². The largest absolute Gasteiger partial charge is 0.354 e. The van der Waals surface area contributed by atoms with E-state index in [-0.39, 0.29) is 22.4 Å². The van der Waals surface area contributed by atoms with E-state index in [4.69, 9.17) is 11.6 Å². The molecule has 8 heteroatoms. The first kappa shape index (κ1) is 18.4. The van der Waals surface area contributed by atoms with Gasteiger partial charge in [-0.15, -0.1) is 0 Å². The summed E-state index contributed by atoms with van der Waals surface area (Å²) >= 11 is 6.36. The normalized spacial score (nSPS) is 17.5. The minimum atomic E-state index is -0.569. The van der Waals surface area contributed by atoms with E-state index in [0.29, 0.717) is 25.2 Å². The van der Waals surface area contributed by atoms with Crippen LogP contribution in [0.15, 0.2) is 24.3 Å². The average molecular weight is 379 g/mol. The molecule has 0 spiro atoms. The zero-order chi connectivity index (χ0) is 18.7. The number of carbonyl (C=O) groups excluding carboxylic acids is 2. The van der Waals surface area contributed by atoms with Crippen LogP contribution in [0.5, 0.6) is 0 Å². The van der Waals surface area contributed by atoms with Crippen molar-refractivity contribution in [3.05, 3.63) is 52.1 Å². The smallest absolute Gasteiger partial charge is 0.256 e. The number of halogens is 2. The highest BCUT2D eigenvalue weighted by molar-refractivity contribution is 6.33. The maximum Gasteiger partial charge on any atom is 0.256 e. The van der Waals surface area contributed by atoms with Crippen molar-refractivity contribution in [2.75, 3.05) is 6.54 Å². The summed E-state index contributed by atoms with van der Waals surface area (Å²) in [6, 6.07) is 5.42. The summed E-state index contributed by atoms with van der Waals surface area (Å²) < 4.78 is 14.5. The summed E-state index contributed by atoms with van der Waals surface area (Å²) in [4.78, 5) is 24.7. The average Bonchev–Trinajstić information content (AvgIpc) is 2.75. The molecular weight excluding hydrogens is 359 g/mol. The van der Waals surface area contributed by atoms with Gasteiger partial charge in [-0.3, -0.25) is 9.59 Å². The van der Waals surface area contributed by atoms with Crippen LogP contribution in [0.1, 0.15) is 40.9 Å². The van der Waals surface area contributed by atoms with E-state index in [1.54, 1.807) is 19.1 Å². The van der Waals surface area contributed by atoms with Gasteiger partial charge in [0, 0.05) is 6.54 Å². The zero-order valence-corrected chi connectivity index (χ0v) is 15.1. The Kier molecular flexibility index (Phi) is 5.56. The molecule has 1 unspecified atom stereocenters. The van der Waals surface area contributed by atoms with Gasteiger partial charge in [-0.2, -0.15) is 5.10 Å². The first-order valence-electron chi connectivity index (χ1n) is 8.51. The highest BCUT2D eigenvalue weighted by Crippen LogP contribution is 2.21. The fraction of sp³-hybridized carbons (Fsp3) is 0.389. The number of aromatic nitrogens is 2. The molecule has 0 saturated carbocycles. The van der Waals surface area contributed by atoms with Crippen molar-refractivity contribution < 1.29 is 14.0 Å². The topological polar surface area (TPSA) is 76.0 Å². The molecule has 26 heavy (non-hydrogen) atoms. The predicted octanol–water partition coefficient (Wildman–Crippen LogP) is 2.43. The second kappa shape index (κ2) is 7.86. The van der Waals surface area contributed by atoms with Gasteiger partial charge < -0.3 is 10.6 Å². The van der Waals surface area contributed by atoms with Gasteiger partial charge in [-0.1, -0.05) is 23.7 Å². The minimum absolute atomic E-state index is 0.177. The lowest BCUT2D eigenvalue weighted by Gasteiger charge is -2.15. The summed E-state index contributed by atoms with van der Waals surface area (Å²) in [5.74, 6) is -0.915.